The second-order valence-corrected chi connectivity index (χ2v) is 6.65. The van der Waals surface area contributed by atoms with Gasteiger partial charge in [0.1, 0.15) is 17.9 Å². The molecule has 0 radical (unpaired) electrons. The Balaban J connectivity index is 3.90. The summed E-state index contributed by atoms with van der Waals surface area (Å²) in [7, 11) is 1.63. The summed E-state index contributed by atoms with van der Waals surface area (Å²) in [4.78, 5) is 34.1. The van der Waals surface area contributed by atoms with Crippen molar-refractivity contribution in [3.8, 4) is 0 Å². The van der Waals surface area contributed by atoms with Crippen molar-refractivity contribution < 1.29 is 19.1 Å². The van der Waals surface area contributed by atoms with E-state index in [1.54, 1.807) is 7.11 Å². The highest BCUT2D eigenvalue weighted by molar-refractivity contribution is 5.86. The van der Waals surface area contributed by atoms with Crippen molar-refractivity contribution in [3.05, 3.63) is 0 Å². The van der Waals surface area contributed by atoms with Gasteiger partial charge in [0.15, 0.2) is 0 Å². The average Bonchev–Trinajstić information content (AvgIpc) is 2.40. The lowest BCUT2D eigenvalue weighted by molar-refractivity contribution is -0.125. The first-order valence-corrected chi connectivity index (χ1v) is 7.17. The van der Waals surface area contributed by atoms with Crippen molar-refractivity contribution in [2.45, 2.75) is 71.8 Å². The van der Waals surface area contributed by atoms with E-state index in [0.717, 1.165) is 6.29 Å². The molecule has 0 aliphatic rings. The summed E-state index contributed by atoms with van der Waals surface area (Å²) < 4.78 is 5.25. The van der Waals surface area contributed by atoms with Gasteiger partial charge >= 0.3 is 0 Å². The van der Waals surface area contributed by atoms with Crippen LogP contribution in [0.15, 0.2) is 0 Å². The van der Waals surface area contributed by atoms with Gasteiger partial charge in [0.2, 0.25) is 0 Å². The molecule has 0 aliphatic carbocycles. The van der Waals surface area contributed by atoms with E-state index in [9.17, 15) is 14.4 Å². The van der Waals surface area contributed by atoms with Gasteiger partial charge in [-0.1, -0.05) is 13.8 Å². The Kier molecular flexibility index (Phi) is 7.87. The van der Waals surface area contributed by atoms with Crippen molar-refractivity contribution in [3.63, 3.8) is 0 Å². The molecule has 4 nitrogen and oxygen atoms in total. The van der Waals surface area contributed by atoms with E-state index in [0.29, 0.717) is 32.1 Å². The summed E-state index contributed by atoms with van der Waals surface area (Å²) in [5.41, 5.74) is -0.754. The fourth-order valence-corrected chi connectivity index (χ4v) is 1.59. The number of hydrogen-bond donors (Lipinski definition) is 0. The molecule has 0 rings (SSSR count). The van der Waals surface area contributed by atoms with Gasteiger partial charge in [0.05, 0.1) is 5.60 Å². The molecule has 0 spiro atoms. The molecule has 4 heteroatoms. The summed E-state index contributed by atoms with van der Waals surface area (Å²) in [6.45, 7) is 7.50. The Labute approximate surface area is 122 Å². The highest BCUT2D eigenvalue weighted by Crippen LogP contribution is 2.20. The second-order valence-electron chi connectivity index (χ2n) is 6.65. The summed E-state index contributed by atoms with van der Waals surface area (Å²) >= 11 is 0. The Hall–Kier alpha value is -1.03. The first kappa shape index (κ1) is 19.0. The topological polar surface area (TPSA) is 60.4 Å². The number of rotatable bonds is 11. The molecule has 0 atom stereocenters. The van der Waals surface area contributed by atoms with Gasteiger partial charge in [-0.3, -0.25) is 9.59 Å². The predicted molar refractivity (Wildman–Crippen MR) is 78.6 cm³/mol. The van der Waals surface area contributed by atoms with Crippen molar-refractivity contribution in [2.75, 3.05) is 7.11 Å². The minimum atomic E-state index is -0.456. The SMILES string of the molecule is COC(C)(C)CCC(=O)CCC(=O)CCC(C)(C)C=O. The zero-order valence-electron chi connectivity index (χ0n) is 13.5. The minimum Gasteiger partial charge on any atom is -0.379 e. The zero-order chi connectivity index (χ0) is 15.8. The Morgan fingerprint density at radius 2 is 1.35 bits per heavy atom. The fourth-order valence-electron chi connectivity index (χ4n) is 1.59. The number of hydrogen-bond acceptors (Lipinski definition) is 4. The third kappa shape index (κ3) is 8.97. The highest BCUT2D eigenvalue weighted by atomic mass is 16.5. The van der Waals surface area contributed by atoms with Gasteiger partial charge in [0.25, 0.3) is 0 Å². The molecule has 0 fully saturated rings. The number of carbonyl (C=O) groups excluding carboxylic acids is 3. The first-order chi connectivity index (χ1) is 9.12. The van der Waals surface area contributed by atoms with Gasteiger partial charge < -0.3 is 9.53 Å². The maximum Gasteiger partial charge on any atom is 0.133 e. The third-order valence-electron chi connectivity index (χ3n) is 3.61. The van der Waals surface area contributed by atoms with Crippen molar-refractivity contribution in [1.82, 2.24) is 0 Å². The Morgan fingerprint density at radius 1 is 0.900 bits per heavy atom. The number of Topliss-reactive ketones (excluding diaryl/α,β-unsaturated/α-hetero) is 2. The monoisotopic (exact) mass is 284 g/mol. The molecule has 0 aliphatic heterocycles. The number of methoxy groups -OCH3 is 1. The van der Waals surface area contributed by atoms with Gasteiger partial charge in [-0.2, -0.15) is 0 Å². The summed E-state index contributed by atoms with van der Waals surface area (Å²) in [5, 5.41) is 0. The van der Waals surface area contributed by atoms with Crippen LogP contribution >= 0.6 is 0 Å². The van der Waals surface area contributed by atoms with E-state index < -0.39 is 5.41 Å². The molecule has 0 amide bonds. The quantitative estimate of drug-likeness (QED) is 0.547. The highest BCUT2D eigenvalue weighted by Gasteiger charge is 2.20. The van der Waals surface area contributed by atoms with Crippen LogP contribution in [0, 0.1) is 5.41 Å². The molecule has 20 heavy (non-hydrogen) atoms. The minimum absolute atomic E-state index is 0.0549. The summed E-state index contributed by atoms with van der Waals surface area (Å²) in [5.74, 6) is 0.150. The molecule has 0 bridgehead atoms. The maximum absolute atomic E-state index is 11.7. The summed E-state index contributed by atoms with van der Waals surface area (Å²) in [6.07, 6.45) is 3.45. The van der Waals surface area contributed by atoms with E-state index in [2.05, 4.69) is 0 Å². The molecule has 0 unspecified atom stereocenters. The van der Waals surface area contributed by atoms with E-state index in [1.807, 2.05) is 27.7 Å². The van der Waals surface area contributed by atoms with Crippen LogP contribution < -0.4 is 0 Å². The lowest BCUT2D eigenvalue weighted by atomic mass is 9.88. The molecule has 0 heterocycles. The lowest BCUT2D eigenvalue weighted by Gasteiger charge is -2.22. The third-order valence-corrected chi connectivity index (χ3v) is 3.61. The van der Waals surface area contributed by atoms with Crippen molar-refractivity contribution in [1.29, 1.82) is 0 Å². The molecule has 0 aromatic heterocycles. The normalized spacial score (nSPS) is 12.2. The number of aldehydes is 1. The average molecular weight is 284 g/mol. The molecule has 0 aromatic carbocycles. The van der Waals surface area contributed by atoms with E-state index in [1.165, 1.54) is 0 Å². The van der Waals surface area contributed by atoms with Crippen LogP contribution in [-0.2, 0) is 19.1 Å². The van der Waals surface area contributed by atoms with Crippen molar-refractivity contribution >= 4 is 17.9 Å². The largest absolute Gasteiger partial charge is 0.379 e. The number of carbonyl (C=O) groups is 3. The van der Waals surface area contributed by atoms with Crippen LogP contribution in [-0.4, -0.2) is 30.6 Å². The molecule has 0 saturated carbocycles. The smallest absolute Gasteiger partial charge is 0.133 e. The standard InChI is InChI=1S/C16H28O4/c1-15(2,12-17)10-8-13(18)6-7-14(19)9-11-16(3,4)20-5/h12H,6-11H2,1-5H3. The molecule has 0 aromatic rings. The summed E-state index contributed by atoms with van der Waals surface area (Å²) in [6, 6.07) is 0. The van der Waals surface area contributed by atoms with Gasteiger partial charge in [-0.25, -0.2) is 0 Å². The van der Waals surface area contributed by atoms with Crippen LogP contribution in [0.25, 0.3) is 0 Å². The van der Waals surface area contributed by atoms with Gasteiger partial charge in [0, 0.05) is 38.2 Å². The molecule has 0 N–H and O–H groups in total. The van der Waals surface area contributed by atoms with E-state index in [-0.39, 0.29) is 23.6 Å². The number of ketones is 2. The fraction of sp³-hybridized carbons (Fsp3) is 0.812. The predicted octanol–water partition coefficient (Wildman–Crippen LogP) is 3.12. The van der Waals surface area contributed by atoms with Crippen LogP contribution in [0.1, 0.15) is 66.2 Å². The zero-order valence-corrected chi connectivity index (χ0v) is 13.5. The van der Waals surface area contributed by atoms with Crippen LogP contribution in [0.3, 0.4) is 0 Å². The molecule has 0 saturated heterocycles. The number of ether oxygens (including phenoxy) is 1. The molecular formula is C16H28O4. The molecular weight excluding hydrogens is 256 g/mol. The van der Waals surface area contributed by atoms with E-state index in [4.69, 9.17) is 4.74 Å². The van der Waals surface area contributed by atoms with Crippen molar-refractivity contribution in [2.24, 2.45) is 5.41 Å². The van der Waals surface area contributed by atoms with Crippen LogP contribution in [0.5, 0.6) is 0 Å². The lowest BCUT2D eigenvalue weighted by Crippen LogP contribution is -2.23. The molecule has 116 valence electrons. The second kappa shape index (κ2) is 8.30. The Morgan fingerprint density at radius 3 is 1.75 bits per heavy atom. The van der Waals surface area contributed by atoms with Gasteiger partial charge in [-0.05, 0) is 26.7 Å². The first-order valence-electron chi connectivity index (χ1n) is 7.17. The van der Waals surface area contributed by atoms with Gasteiger partial charge in [-0.15, -0.1) is 0 Å². The van der Waals surface area contributed by atoms with Crippen LogP contribution in [0.4, 0.5) is 0 Å². The van der Waals surface area contributed by atoms with E-state index >= 15 is 0 Å². The maximum atomic E-state index is 11.7. The van der Waals surface area contributed by atoms with Crippen LogP contribution in [0.2, 0.25) is 0 Å². The Bertz CT molecular complexity index is 342.